The Morgan fingerprint density at radius 1 is 0.571 bits per heavy atom. The molecule has 104 valence electrons. The van der Waals surface area contributed by atoms with E-state index in [0.29, 0.717) is 0 Å². The molecule has 3 rings (SSSR count). The van der Waals surface area contributed by atoms with E-state index in [2.05, 4.69) is 114 Å². The third-order valence-corrected chi connectivity index (χ3v) is 11.7. The van der Waals surface area contributed by atoms with Gasteiger partial charge in [-0.05, 0) is 43.3 Å². The zero-order valence-corrected chi connectivity index (χ0v) is 15.0. The molecule has 0 aliphatic rings. The lowest BCUT2D eigenvalue weighted by Gasteiger charge is -2.20. The van der Waals surface area contributed by atoms with Crippen LogP contribution in [0.5, 0.6) is 0 Å². The number of rotatable bonds is 3. The normalized spacial score (nSPS) is 11.3. The van der Waals surface area contributed by atoms with Crippen molar-refractivity contribution in [2.75, 3.05) is 0 Å². The Morgan fingerprint density at radius 2 is 0.952 bits per heavy atom. The van der Waals surface area contributed by atoms with Crippen molar-refractivity contribution < 1.29 is 0 Å². The van der Waals surface area contributed by atoms with Crippen LogP contribution in [-0.4, -0.2) is 0 Å². The summed E-state index contributed by atoms with van der Waals surface area (Å²) < 4.78 is 0. The molecule has 0 radical (unpaired) electrons. The van der Waals surface area contributed by atoms with Crippen molar-refractivity contribution in [3.63, 3.8) is 0 Å². The minimum absolute atomic E-state index is 1.31. The molecule has 3 aromatic rings. The quantitative estimate of drug-likeness (QED) is 0.442. The molecule has 0 bridgehead atoms. The van der Waals surface area contributed by atoms with Crippen LogP contribution in [0.15, 0.2) is 84.9 Å². The number of hydrogen-bond donors (Lipinski definition) is 0. The second-order valence-electron chi connectivity index (χ2n) is 5.10. The maximum atomic E-state index is 2.70. The molecule has 0 nitrogen and oxygen atoms in total. The van der Waals surface area contributed by atoms with Crippen LogP contribution < -0.4 is 15.9 Å². The molecule has 3 aromatic carbocycles. The monoisotopic (exact) mass is 403 g/mol. The fraction of sp³-hybridized carbons (Fsp3) is 0.0526. The van der Waals surface area contributed by atoms with Crippen LogP contribution in [0.1, 0.15) is 5.56 Å². The summed E-state index contributed by atoms with van der Waals surface area (Å²) in [6.07, 6.45) is 0. The topological polar surface area (TPSA) is 0 Å². The van der Waals surface area contributed by atoms with E-state index in [0.717, 1.165) is 0 Å². The van der Waals surface area contributed by atoms with Crippen molar-refractivity contribution in [2.24, 2.45) is 0 Å². The average molecular weight is 403 g/mol. The number of hydrogen-bond acceptors (Lipinski definition) is 0. The van der Waals surface area contributed by atoms with Crippen molar-refractivity contribution >= 4 is 42.9 Å². The molecular weight excluding hydrogens is 386 g/mol. The van der Waals surface area contributed by atoms with E-state index in [-0.39, 0.29) is 0 Å². The fourth-order valence-electron chi connectivity index (χ4n) is 2.46. The molecule has 0 N–H and O–H groups in total. The summed E-state index contributed by atoms with van der Waals surface area (Å²) in [7, 11) is 0. The molecule has 0 unspecified atom stereocenters. The van der Waals surface area contributed by atoms with Gasteiger partial charge < -0.3 is 0 Å². The van der Waals surface area contributed by atoms with Gasteiger partial charge in [0.05, 0.1) is 0 Å². The van der Waals surface area contributed by atoms with E-state index in [1.54, 1.807) is 0 Å². The summed E-state index contributed by atoms with van der Waals surface area (Å²) in [4.78, 5) is -1.58. The first-order chi connectivity index (χ1) is 10.2. The molecule has 2 heteroatoms. The van der Waals surface area contributed by atoms with Gasteiger partial charge in [-0.15, -0.1) is 0 Å². The third-order valence-electron chi connectivity index (χ3n) is 3.61. The first kappa shape index (κ1) is 14.7. The Kier molecular flexibility index (Phi) is 4.42. The van der Waals surface area contributed by atoms with E-state index in [9.17, 15) is 0 Å². The van der Waals surface area contributed by atoms with Crippen LogP contribution in [0.2, 0.25) is 0 Å². The SMILES string of the molecule is Cc1ccc([P+](I)(c2ccccc2)c2ccccc2)cc1. The predicted octanol–water partition coefficient (Wildman–Crippen LogP) is 4.64. The molecule has 0 aromatic heterocycles. The molecule has 0 amide bonds. The molecular formula is C19H17IP+. The van der Waals surface area contributed by atoms with Gasteiger partial charge in [-0.2, -0.15) is 0 Å². The highest BCUT2D eigenvalue weighted by Crippen LogP contribution is 2.63. The summed E-state index contributed by atoms with van der Waals surface area (Å²) in [6.45, 7) is 2.14. The summed E-state index contributed by atoms with van der Waals surface area (Å²) in [5.41, 5.74) is 1.31. The van der Waals surface area contributed by atoms with Gasteiger partial charge in [-0.25, -0.2) is 0 Å². The second-order valence-corrected chi connectivity index (χ2v) is 12.2. The Morgan fingerprint density at radius 3 is 1.38 bits per heavy atom. The lowest BCUT2D eigenvalue weighted by Crippen LogP contribution is -2.26. The third kappa shape index (κ3) is 2.90. The number of benzene rings is 3. The smallest absolute Gasteiger partial charge is 0.0620 e. The van der Waals surface area contributed by atoms with Crippen LogP contribution in [0, 0.1) is 6.92 Å². The maximum Gasteiger partial charge on any atom is 0.173 e. The van der Waals surface area contributed by atoms with Crippen LogP contribution in [0.25, 0.3) is 0 Å². The fourth-order valence-corrected chi connectivity index (χ4v) is 7.98. The van der Waals surface area contributed by atoms with E-state index in [1.807, 2.05) is 0 Å². The first-order valence-corrected chi connectivity index (χ1v) is 11.6. The number of halogens is 1. The van der Waals surface area contributed by atoms with Gasteiger partial charge in [0.25, 0.3) is 0 Å². The zero-order valence-electron chi connectivity index (χ0n) is 11.9. The van der Waals surface area contributed by atoms with E-state index in [1.165, 1.54) is 21.5 Å². The van der Waals surface area contributed by atoms with Crippen LogP contribution in [-0.2, 0) is 0 Å². The van der Waals surface area contributed by atoms with E-state index >= 15 is 0 Å². The van der Waals surface area contributed by atoms with Crippen molar-refractivity contribution in [2.45, 2.75) is 6.92 Å². The summed E-state index contributed by atoms with van der Waals surface area (Å²) >= 11 is 2.70. The van der Waals surface area contributed by atoms with Crippen molar-refractivity contribution in [3.05, 3.63) is 90.5 Å². The maximum absolute atomic E-state index is 2.70. The Bertz CT molecular complexity index is 666. The molecule has 0 fully saturated rings. The molecule has 0 spiro atoms. The Labute approximate surface area is 140 Å². The van der Waals surface area contributed by atoms with Crippen LogP contribution >= 0.6 is 26.9 Å². The Balaban J connectivity index is 2.23. The van der Waals surface area contributed by atoms with E-state index < -0.39 is 4.90 Å². The minimum atomic E-state index is -1.58. The van der Waals surface area contributed by atoms with Gasteiger partial charge in [0.2, 0.25) is 0 Å². The van der Waals surface area contributed by atoms with Gasteiger partial charge in [0.1, 0.15) is 15.9 Å². The Hall–Kier alpha value is -1.18. The van der Waals surface area contributed by atoms with E-state index in [4.69, 9.17) is 0 Å². The highest BCUT2D eigenvalue weighted by molar-refractivity contribution is 14.2. The molecule has 0 atom stereocenters. The molecule has 0 heterocycles. The summed E-state index contributed by atoms with van der Waals surface area (Å²) in [5.74, 6) is 0. The molecule has 0 aliphatic heterocycles. The predicted molar refractivity (Wildman–Crippen MR) is 104 cm³/mol. The van der Waals surface area contributed by atoms with Crippen molar-refractivity contribution in [1.29, 1.82) is 0 Å². The lowest BCUT2D eigenvalue weighted by molar-refractivity contribution is 1.49. The first-order valence-electron chi connectivity index (χ1n) is 6.98. The lowest BCUT2D eigenvalue weighted by atomic mass is 10.2. The van der Waals surface area contributed by atoms with Gasteiger partial charge in [-0.3, -0.25) is 0 Å². The second kappa shape index (κ2) is 6.29. The van der Waals surface area contributed by atoms with Gasteiger partial charge in [0.15, 0.2) is 26.9 Å². The largest absolute Gasteiger partial charge is 0.173 e. The minimum Gasteiger partial charge on any atom is -0.0620 e. The highest BCUT2D eigenvalue weighted by atomic mass is 127. The molecule has 0 aliphatic carbocycles. The van der Waals surface area contributed by atoms with Gasteiger partial charge in [-0.1, -0.05) is 54.1 Å². The van der Waals surface area contributed by atoms with Crippen molar-refractivity contribution in [3.8, 4) is 0 Å². The molecule has 21 heavy (non-hydrogen) atoms. The zero-order chi connectivity index (χ0) is 14.7. The average Bonchev–Trinajstić information content (AvgIpc) is 2.56. The highest BCUT2D eigenvalue weighted by Gasteiger charge is 2.43. The number of aryl methyl sites for hydroxylation is 1. The van der Waals surface area contributed by atoms with Gasteiger partial charge in [0, 0.05) is 0 Å². The molecule has 0 saturated heterocycles. The molecule has 0 saturated carbocycles. The van der Waals surface area contributed by atoms with Crippen molar-refractivity contribution in [1.82, 2.24) is 0 Å². The van der Waals surface area contributed by atoms with Gasteiger partial charge >= 0.3 is 0 Å². The van der Waals surface area contributed by atoms with Crippen LogP contribution in [0.3, 0.4) is 0 Å². The summed E-state index contributed by atoms with van der Waals surface area (Å²) in [6, 6.07) is 30.8. The standard InChI is InChI=1S/C19H17IP/c1-16-12-14-19(15-13-16)21(20,17-8-4-2-5-9-17)18-10-6-3-7-11-18/h2-15H,1H3/q+1. The van der Waals surface area contributed by atoms with Crippen LogP contribution in [0.4, 0.5) is 0 Å². The summed E-state index contributed by atoms with van der Waals surface area (Å²) in [5, 5.41) is 4.26.